The molecule has 1 aromatic rings. The van der Waals surface area contributed by atoms with Crippen LogP contribution in [0.3, 0.4) is 0 Å². The van der Waals surface area contributed by atoms with Gasteiger partial charge < -0.3 is 21.5 Å². The van der Waals surface area contributed by atoms with Gasteiger partial charge in [-0.3, -0.25) is 0 Å². The first-order chi connectivity index (χ1) is 31.1. The minimum Gasteiger partial charge on any atom is -0.889 e. The number of rotatable bonds is 48. The van der Waals surface area contributed by atoms with E-state index in [9.17, 15) is 10.0 Å². The van der Waals surface area contributed by atoms with Gasteiger partial charge in [-0.25, -0.2) is 0 Å². The van der Waals surface area contributed by atoms with Crippen LogP contribution in [0.2, 0.25) is 0 Å². The van der Waals surface area contributed by atoms with Crippen LogP contribution in [-0.4, -0.2) is 20.2 Å². The number of hydrogen-bond donors (Lipinski definition) is 2. The van der Waals surface area contributed by atoms with Gasteiger partial charge in [-0.1, -0.05) is 315 Å². The zero-order valence-corrected chi connectivity index (χ0v) is 43.8. The molecule has 0 saturated carbocycles. The minimum atomic E-state index is -1.85. The molecule has 0 amide bonds. The molecule has 0 heterocycles. The third-order valence-corrected chi connectivity index (χ3v) is 13.3. The minimum absolute atomic E-state index is 0.349. The van der Waals surface area contributed by atoms with Gasteiger partial charge in [0.2, 0.25) is 0 Å². The summed E-state index contributed by atoms with van der Waals surface area (Å²) in [6, 6.07) is 7.20. The Morgan fingerprint density at radius 2 is 0.476 bits per heavy atom. The van der Waals surface area contributed by atoms with E-state index in [1.54, 1.807) is 12.1 Å². The maximum atomic E-state index is 10.7. The molecule has 63 heavy (non-hydrogen) atoms. The highest BCUT2D eigenvalue weighted by molar-refractivity contribution is 6.55. The Hall–Kier alpha value is -0.875. The Balaban J connectivity index is 0. The van der Waals surface area contributed by atoms with E-state index in [1.807, 2.05) is 12.1 Å². The fraction of sp³-hybridized carbons (Fsp3) is 0.897. The van der Waals surface area contributed by atoms with Gasteiger partial charge in [0, 0.05) is 0 Å². The molecule has 4 nitrogen and oxygen atoms in total. The van der Waals surface area contributed by atoms with Gasteiger partial charge in [0.25, 0.3) is 0 Å². The van der Waals surface area contributed by atoms with Gasteiger partial charge in [-0.05, 0) is 44.1 Å². The van der Waals surface area contributed by atoms with Gasteiger partial charge in [-0.2, -0.15) is 0 Å². The van der Waals surface area contributed by atoms with Crippen LogP contribution >= 0.6 is 0 Å². The number of quaternary nitrogens is 2. The van der Waals surface area contributed by atoms with E-state index in [4.69, 9.17) is 0 Å². The first-order valence-corrected chi connectivity index (χ1v) is 29.1. The molecule has 0 aliphatic carbocycles. The van der Waals surface area contributed by atoms with Crippen molar-refractivity contribution in [2.24, 2.45) is 0 Å². The number of hydrogen-bond acceptors (Lipinski definition) is 2. The number of unbranched alkanes of at least 4 members (excludes halogenated alkanes) is 43. The molecule has 1 rings (SSSR count). The Labute approximate surface area is 398 Å². The Bertz CT molecular complexity index is 839. The van der Waals surface area contributed by atoms with E-state index in [0.29, 0.717) is 5.46 Å². The van der Waals surface area contributed by atoms with E-state index in [1.165, 1.54) is 301 Å². The zero-order chi connectivity index (χ0) is 46.2. The summed E-state index contributed by atoms with van der Waals surface area (Å²) in [7, 11) is -1.85. The Morgan fingerprint density at radius 1 is 0.286 bits per heavy atom. The molecular formula is C58H117BN2O2. The second kappa shape index (κ2) is 59.1. The molecule has 0 aromatic heterocycles. The van der Waals surface area contributed by atoms with Crippen molar-refractivity contribution in [1.82, 2.24) is 0 Å². The van der Waals surface area contributed by atoms with Crippen LogP contribution in [0.15, 0.2) is 24.3 Å². The lowest BCUT2D eigenvalue weighted by Gasteiger charge is -2.26. The summed E-state index contributed by atoms with van der Waals surface area (Å²) in [6.45, 7) is 9.10. The predicted molar refractivity (Wildman–Crippen MR) is 280 cm³/mol. The first kappa shape index (κ1) is 64.2. The molecule has 374 valence electrons. The van der Waals surface area contributed by atoms with E-state index in [0.717, 1.165) is 19.5 Å². The molecule has 0 fully saturated rings. The molecule has 5 heteroatoms. The summed E-state index contributed by atoms with van der Waals surface area (Å²) in [5, 5.41) is 21.5. The smallest absolute Gasteiger partial charge is 0.0739 e. The lowest BCUT2D eigenvalue weighted by atomic mass is 9.80. The van der Waals surface area contributed by atoms with Crippen molar-refractivity contribution in [3.05, 3.63) is 29.8 Å². The third kappa shape index (κ3) is 57.2. The maximum absolute atomic E-state index is 10.7. The lowest BCUT2D eigenvalue weighted by Crippen LogP contribution is -2.55. The summed E-state index contributed by atoms with van der Waals surface area (Å²) >= 11 is 0. The van der Waals surface area contributed by atoms with Crippen molar-refractivity contribution < 1.29 is 21.5 Å². The topological polar surface area (TPSA) is 101 Å². The molecule has 0 unspecified atom stereocenters. The molecule has 0 atom stereocenters. The van der Waals surface area contributed by atoms with Crippen LogP contribution in [-0.2, 0) is 6.42 Å². The van der Waals surface area contributed by atoms with Crippen molar-refractivity contribution in [2.75, 3.05) is 13.1 Å². The molecule has 0 bridgehead atoms. The molecule has 0 aliphatic rings. The van der Waals surface area contributed by atoms with Crippen LogP contribution in [0.25, 0.3) is 0 Å². The maximum Gasteiger partial charge on any atom is 0.0739 e. The number of aryl methyl sites for hydroxylation is 1. The van der Waals surface area contributed by atoms with E-state index < -0.39 is 7.12 Å². The second-order valence-corrected chi connectivity index (χ2v) is 19.7. The molecule has 6 N–H and O–H groups in total. The van der Waals surface area contributed by atoms with Crippen molar-refractivity contribution in [2.45, 2.75) is 323 Å². The lowest BCUT2D eigenvalue weighted by molar-refractivity contribution is -0.368. The summed E-state index contributed by atoms with van der Waals surface area (Å²) in [5.74, 6) is 0. The van der Waals surface area contributed by atoms with E-state index in [2.05, 4.69) is 32.2 Å². The fourth-order valence-corrected chi connectivity index (χ4v) is 8.81. The molecule has 0 spiro atoms. The van der Waals surface area contributed by atoms with Crippen molar-refractivity contribution in [1.29, 1.82) is 0 Å². The van der Waals surface area contributed by atoms with Crippen molar-refractivity contribution >= 4 is 12.6 Å². The van der Waals surface area contributed by atoms with Crippen LogP contribution in [0, 0.1) is 0 Å². The van der Waals surface area contributed by atoms with Crippen LogP contribution < -0.4 is 27.0 Å². The molecular weight excluding hydrogens is 767 g/mol. The van der Waals surface area contributed by atoms with Gasteiger partial charge in [0.05, 0.1) is 13.1 Å². The highest BCUT2D eigenvalue weighted by Crippen LogP contribution is 2.17. The quantitative estimate of drug-likeness (QED) is 0.0503. The molecule has 1 aromatic carbocycles. The average Bonchev–Trinajstić information content (AvgIpc) is 3.29. The highest BCUT2D eigenvalue weighted by Gasteiger charge is 1.98. The van der Waals surface area contributed by atoms with Crippen LogP contribution in [0.4, 0.5) is 0 Å². The highest BCUT2D eigenvalue weighted by atomic mass is 16.4. The predicted octanol–water partition coefficient (Wildman–Crippen LogP) is 15.1. The monoisotopic (exact) mass is 885 g/mol. The molecule has 0 saturated heterocycles. The SMILES string of the molecule is CCCCCCCCCCCCCCCCCCCC[NH3+].CCCCCCCCCCCCCCCCCCCC[NH3+].CCCCCCCCCCCCc1ccc(B([O-])[O-])cc1. The molecule has 0 aliphatic heterocycles. The summed E-state index contributed by atoms with van der Waals surface area (Å²) in [5.41, 5.74) is 9.38. The standard InChI is InChI=1S/2C20H43N.C18H29BO2/c2*1-2-3-4-5-6-7-8-9-10-11-12-13-14-15-16-17-18-19-20-21;1-2-3-4-5-6-7-8-9-10-11-12-17-13-15-18(16-14-17)19(20)21/h2*2-21H2,1H3;13-16H,2-12H2,1H3/q;;-2/p+2. The van der Waals surface area contributed by atoms with Gasteiger partial charge in [-0.15, -0.1) is 5.46 Å². The normalized spacial score (nSPS) is 11.0. The Kier molecular flexibility index (Phi) is 60.3. The van der Waals surface area contributed by atoms with Crippen molar-refractivity contribution in [3.8, 4) is 0 Å². The van der Waals surface area contributed by atoms with Crippen LogP contribution in [0.5, 0.6) is 0 Å². The van der Waals surface area contributed by atoms with Gasteiger partial charge >= 0.3 is 0 Å². The van der Waals surface area contributed by atoms with Gasteiger partial charge in [0.15, 0.2) is 0 Å². The second-order valence-electron chi connectivity index (χ2n) is 19.7. The fourth-order valence-electron chi connectivity index (χ4n) is 8.81. The largest absolute Gasteiger partial charge is 0.889 e. The van der Waals surface area contributed by atoms with E-state index in [-0.39, 0.29) is 0 Å². The first-order valence-electron chi connectivity index (χ1n) is 29.1. The number of benzene rings is 1. The van der Waals surface area contributed by atoms with Gasteiger partial charge in [0.1, 0.15) is 0 Å². The summed E-state index contributed by atoms with van der Waals surface area (Å²) in [6.07, 6.45) is 66.9. The van der Waals surface area contributed by atoms with E-state index >= 15 is 0 Å². The molecule has 0 radical (unpaired) electrons. The third-order valence-electron chi connectivity index (χ3n) is 13.3. The zero-order valence-electron chi connectivity index (χ0n) is 43.8. The summed E-state index contributed by atoms with van der Waals surface area (Å²) in [4.78, 5) is 0. The van der Waals surface area contributed by atoms with Crippen molar-refractivity contribution in [3.63, 3.8) is 0 Å². The van der Waals surface area contributed by atoms with Crippen LogP contribution in [0.1, 0.15) is 322 Å². The average molecular weight is 885 g/mol. The summed E-state index contributed by atoms with van der Waals surface area (Å²) < 4.78 is 0. The Morgan fingerprint density at radius 3 is 0.667 bits per heavy atom.